The van der Waals surface area contributed by atoms with Gasteiger partial charge in [-0.15, -0.1) is 0 Å². The summed E-state index contributed by atoms with van der Waals surface area (Å²) < 4.78 is 10.5. The maximum Gasteiger partial charge on any atom is 0.156 e. The molecule has 0 bridgehead atoms. The van der Waals surface area contributed by atoms with Crippen molar-refractivity contribution in [2.75, 3.05) is 20.3 Å². The van der Waals surface area contributed by atoms with Crippen molar-refractivity contribution < 1.29 is 9.47 Å². The Labute approximate surface area is 118 Å². The standard InChI is InChI=1S/C13H19Cl2NO2/c1-9(2)18-13-11(14)6-10(7-12(13)15)8-16-4-5-17-3/h6-7,9,16H,4-5,8H2,1-3H3. The second-order valence-corrected chi connectivity index (χ2v) is 5.04. The third kappa shape index (κ3) is 5.02. The number of hydrogen-bond acceptors (Lipinski definition) is 3. The lowest BCUT2D eigenvalue weighted by Crippen LogP contribution is -2.18. The molecule has 102 valence electrons. The predicted octanol–water partition coefficient (Wildman–Crippen LogP) is 3.52. The Kier molecular flexibility index (Phi) is 6.79. The highest BCUT2D eigenvalue weighted by molar-refractivity contribution is 6.37. The molecule has 1 rings (SSSR count). The molecule has 0 aliphatic heterocycles. The average molecular weight is 292 g/mol. The molecular formula is C13H19Cl2NO2. The molecule has 0 aliphatic carbocycles. The van der Waals surface area contributed by atoms with E-state index in [9.17, 15) is 0 Å². The van der Waals surface area contributed by atoms with Gasteiger partial charge in [0, 0.05) is 20.2 Å². The highest BCUT2D eigenvalue weighted by Gasteiger charge is 2.11. The molecule has 0 unspecified atom stereocenters. The van der Waals surface area contributed by atoms with Gasteiger partial charge < -0.3 is 14.8 Å². The molecule has 0 aromatic heterocycles. The molecule has 18 heavy (non-hydrogen) atoms. The van der Waals surface area contributed by atoms with Gasteiger partial charge in [0.25, 0.3) is 0 Å². The van der Waals surface area contributed by atoms with E-state index in [4.69, 9.17) is 32.7 Å². The number of halogens is 2. The average Bonchev–Trinajstić information content (AvgIpc) is 2.29. The lowest BCUT2D eigenvalue weighted by molar-refractivity contribution is 0.199. The second-order valence-electron chi connectivity index (χ2n) is 4.22. The van der Waals surface area contributed by atoms with Crippen molar-refractivity contribution >= 4 is 23.2 Å². The van der Waals surface area contributed by atoms with Crippen molar-refractivity contribution in [3.8, 4) is 5.75 Å². The molecule has 0 aliphatic rings. The van der Waals surface area contributed by atoms with Gasteiger partial charge in [0.1, 0.15) is 0 Å². The predicted molar refractivity (Wildman–Crippen MR) is 75.8 cm³/mol. The second kappa shape index (κ2) is 7.85. The molecule has 0 amide bonds. The maximum atomic E-state index is 6.16. The van der Waals surface area contributed by atoms with Gasteiger partial charge in [0.2, 0.25) is 0 Å². The van der Waals surface area contributed by atoms with Crippen LogP contribution in [-0.4, -0.2) is 26.4 Å². The molecule has 0 saturated heterocycles. The minimum Gasteiger partial charge on any atom is -0.488 e. The Bertz CT molecular complexity index is 360. The molecule has 0 radical (unpaired) electrons. The van der Waals surface area contributed by atoms with Gasteiger partial charge in [-0.25, -0.2) is 0 Å². The van der Waals surface area contributed by atoms with Gasteiger partial charge in [-0.2, -0.15) is 0 Å². The molecule has 1 aromatic rings. The highest BCUT2D eigenvalue weighted by atomic mass is 35.5. The first-order chi connectivity index (χ1) is 8.54. The zero-order chi connectivity index (χ0) is 13.5. The summed E-state index contributed by atoms with van der Waals surface area (Å²) in [6.45, 7) is 6.04. The largest absolute Gasteiger partial charge is 0.488 e. The molecule has 1 aromatic carbocycles. The smallest absolute Gasteiger partial charge is 0.156 e. The van der Waals surface area contributed by atoms with Crippen molar-refractivity contribution in [2.24, 2.45) is 0 Å². The Morgan fingerprint density at radius 1 is 1.22 bits per heavy atom. The number of methoxy groups -OCH3 is 1. The van der Waals surface area contributed by atoms with E-state index in [-0.39, 0.29) is 6.10 Å². The quantitative estimate of drug-likeness (QED) is 0.780. The van der Waals surface area contributed by atoms with Crippen molar-refractivity contribution in [1.29, 1.82) is 0 Å². The van der Waals surface area contributed by atoms with Gasteiger partial charge in [0.05, 0.1) is 22.8 Å². The van der Waals surface area contributed by atoms with E-state index in [0.29, 0.717) is 28.9 Å². The van der Waals surface area contributed by atoms with Crippen molar-refractivity contribution in [2.45, 2.75) is 26.5 Å². The lowest BCUT2D eigenvalue weighted by Gasteiger charge is -2.14. The van der Waals surface area contributed by atoms with Gasteiger partial charge in [-0.3, -0.25) is 0 Å². The van der Waals surface area contributed by atoms with Crippen LogP contribution in [0.5, 0.6) is 5.75 Å². The SMILES string of the molecule is COCCNCc1cc(Cl)c(OC(C)C)c(Cl)c1. The summed E-state index contributed by atoms with van der Waals surface area (Å²) in [7, 11) is 1.67. The van der Waals surface area contributed by atoms with E-state index in [2.05, 4.69) is 5.32 Å². The molecule has 3 nitrogen and oxygen atoms in total. The van der Waals surface area contributed by atoms with Crippen LogP contribution >= 0.6 is 23.2 Å². The molecule has 0 saturated carbocycles. The number of ether oxygens (including phenoxy) is 2. The van der Waals surface area contributed by atoms with Crippen LogP contribution in [0.25, 0.3) is 0 Å². The monoisotopic (exact) mass is 291 g/mol. The summed E-state index contributed by atoms with van der Waals surface area (Å²) in [6, 6.07) is 3.73. The molecule has 0 atom stereocenters. The Balaban J connectivity index is 2.67. The van der Waals surface area contributed by atoms with Crippen LogP contribution in [0.4, 0.5) is 0 Å². The number of benzene rings is 1. The molecular weight excluding hydrogens is 273 g/mol. The van der Waals surface area contributed by atoms with Crippen LogP contribution in [0.3, 0.4) is 0 Å². The van der Waals surface area contributed by atoms with Gasteiger partial charge >= 0.3 is 0 Å². The third-order valence-electron chi connectivity index (χ3n) is 2.22. The molecule has 0 spiro atoms. The van der Waals surface area contributed by atoms with E-state index >= 15 is 0 Å². The normalized spacial score (nSPS) is 11.0. The van der Waals surface area contributed by atoms with Crippen LogP contribution in [0.15, 0.2) is 12.1 Å². The summed E-state index contributed by atoms with van der Waals surface area (Å²) in [5, 5.41) is 4.32. The molecule has 0 heterocycles. The van der Waals surface area contributed by atoms with Gasteiger partial charge in [-0.1, -0.05) is 23.2 Å². The third-order valence-corrected chi connectivity index (χ3v) is 2.79. The van der Waals surface area contributed by atoms with Crippen molar-refractivity contribution in [1.82, 2.24) is 5.32 Å². The minimum absolute atomic E-state index is 0.0469. The Hall–Kier alpha value is -0.480. The topological polar surface area (TPSA) is 30.5 Å². The summed E-state index contributed by atoms with van der Waals surface area (Å²) >= 11 is 12.3. The fraction of sp³-hybridized carbons (Fsp3) is 0.538. The molecule has 1 N–H and O–H groups in total. The first-order valence-electron chi connectivity index (χ1n) is 5.88. The summed E-state index contributed by atoms with van der Waals surface area (Å²) in [5.74, 6) is 0.550. The van der Waals surface area contributed by atoms with Crippen LogP contribution in [0.1, 0.15) is 19.4 Å². The van der Waals surface area contributed by atoms with Crippen LogP contribution < -0.4 is 10.1 Å². The highest BCUT2D eigenvalue weighted by Crippen LogP contribution is 2.34. The summed E-state index contributed by atoms with van der Waals surface area (Å²) in [4.78, 5) is 0. The molecule has 5 heteroatoms. The van der Waals surface area contributed by atoms with E-state index in [1.165, 1.54) is 0 Å². The zero-order valence-electron chi connectivity index (χ0n) is 10.9. The maximum absolute atomic E-state index is 6.16. The number of rotatable bonds is 7. The zero-order valence-corrected chi connectivity index (χ0v) is 12.4. The van der Waals surface area contributed by atoms with E-state index in [1.807, 2.05) is 26.0 Å². The first kappa shape index (κ1) is 15.6. The first-order valence-corrected chi connectivity index (χ1v) is 6.64. The van der Waals surface area contributed by atoms with E-state index < -0.39 is 0 Å². The number of nitrogens with one attached hydrogen (secondary N) is 1. The summed E-state index contributed by atoms with van der Waals surface area (Å²) in [5.41, 5.74) is 1.03. The Morgan fingerprint density at radius 2 is 1.83 bits per heavy atom. The minimum atomic E-state index is 0.0469. The van der Waals surface area contributed by atoms with E-state index in [0.717, 1.165) is 12.1 Å². The number of hydrogen-bond donors (Lipinski definition) is 1. The fourth-order valence-electron chi connectivity index (χ4n) is 1.47. The Morgan fingerprint density at radius 3 is 2.33 bits per heavy atom. The van der Waals surface area contributed by atoms with Crippen molar-refractivity contribution in [3.63, 3.8) is 0 Å². The van der Waals surface area contributed by atoms with Crippen LogP contribution in [0.2, 0.25) is 10.0 Å². The summed E-state index contributed by atoms with van der Waals surface area (Å²) in [6.07, 6.45) is 0.0469. The van der Waals surface area contributed by atoms with Crippen LogP contribution in [0, 0.1) is 0 Å². The lowest BCUT2D eigenvalue weighted by atomic mass is 10.2. The van der Waals surface area contributed by atoms with E-state index in [1.54, 1.807) is 7.11 Å². The van der Waals surface area contributed by atoms with Gasteiger partial charge in [0.15, 0.2) is 5.75 Å². The molecule has 0 fully saturated rings. The fourth-order valence-corrected chi connectivity index (χ4v) is 2.09. The van der Waals surface area contributed by atoms with Crippen molar-refractivity contribution in [3.05, 3.63) is 27.7 Å². The van der Waals surface area contributed by atoms with Crippen LogP contribution in [-0.2, 0) is 11.3 Å². The van der Waals surface area contributed by atoms with Gasteiger partial charge in [-0.05, 0) is 31.5 Å².